The van der Waals surface area contributed by atoms with E-state index in [1.807, 2.05) is 5.32 Å². The molecule has 0 aliphatic heterocycles. The first-order chi connectivity index (χ1) is 19.3. The Morgan fingerprint density at radius 1 is 0.905 bits per heavy atom. The van der Waals surface area contributed by atoms with Crippen LogP contribution in [0.3, 0.4) is 0 Å². The Bertz CT molecular complexity index is 1740. The average Bonchev–Trinajstić information content (AvgIpc) is 2.86. The molecule has 0 bridgehead atoms. The highest BCUT2D eigenvalue weighted by Crippen LogP contribution is 2.37. The number of fused-ring (bicyclic) bond motifs is 1. The van der Waals surface area contributed by atoms with Crippen LogP contribution in [-0.4, -0.2) is 27.3 Å². The number of hydrogen-bond donors (Lipinski definition) is 2. The summed E-state index contributed by atoms with van der Waals surface area (Å²) in [6.45, 7) is 9.91. The average molecular weight is 585 g/mol. The molecule has 3 aromatic carbocycles. The number of nitrogens with zero attached hydrogens (tertiary/aromatic N) is 1. The topological polar surface area (TPSA) is 80.6 Å². The minimum Gasteiger partial charge on any atom is -0.455 e. The molecule has 0 unspecified atom stereocenters. The van der Waals surface area contributed by atoms with E-state index in [9.17, 15) is 32.3 Å². The summed E-state index contributed by atoms with van der Waals surface area (Å²) in [5.74, 6) is -0.696. The van der Waals surface area contributed by atoms with Crippen molar-refractivity contribution in [3.05, 3.63) is 98.6 Å². The van der Waals surface area contributed by atoms with Crippen molar-refractivity contribution in [2.24, 2.45) is 0 Å². The molecule has 0 aliphatic rings. The van der Waals surface area contributed by atoms with Crippen LogP contribution in [0.15, 0.2) is 59.5 Å². The van der Waals surface area contributed by atoms with Gasteiger partial charge < -0.3 is 19.7 Å². The molecule has 42 heavy (non-hydrogen) atoms. The number of aromatic nitrogens is 1. The number of aryl methyl sites for hydroxylation is 3. The van der Waals surface area contributed by atoms with Crippen LogP contribution in [0.5, 0.6) is 11.5 Å². The Morgan fingerprint density at radius 3 is 2.10 bits per heavy atom. The van der Waals surface area contributed by atoms with Crippen molar-refractivity contribution in [1.29, 1.82) is 0 Å². The largest absolute Gasteiger partial charge is 0.455 e. The van der Waals surface area contributed by atoms with E-state index in [-0.39, 0.29) is 21.9 Å². The van der Waals surface area contributed by atoms with Crippen molar-refractivity contribution in [2.45, 2.75) is 65.8 Å². The van der Waals surface area contributed by atoms with E-state index in [2.05, 4.69) is 0 Å². The SMILES string of the molecule is Cc1cc(F)cc(C)c1Oc1ccc(C(C)(C)O)cc1-n1cc(C)c(=O)c2ccc(C(=O)NC(C)(C)C(F)(F)F)cc21. The summed E-state index contributed by atoms with van der Waals surface area (Å²) in [4.78, 5) is 26.1. The van der Waals surface area contributed by atoms with Crippen LogP contribution in [0.25, 0.3) is 16.6 Å². The highest BCUT2D eigenvalue weighted by molar-refractivity contribution is 5.98. The third-order valence-corrected chi connectivity index (χ3v) is 7.14. The van der Waals surface area contributed by atoms with E-state index >= 15 is 0 Å². The molecule has 2 N–H and O–H groups in total. The van der Waals surface area contributed by atoms with Gasteiger partial charge in [0.15, 0.2) is 11.2 Å². The number of pyridine rings is 1. The Hall–Kier alpha value is -4.18. The van der Waals surface area contributed by atoms with Crippen molar-refractivity contribution in [2.75, 3.05) is 0 Å². The third kappa shape index (κ3) is 5.90. The summed E-state index contributed by atoms with van der Waals surface area (Å²) in [6.07, 6.45) is -3.16. The van der Waals surface area contributed by atoms with E-state index in [4.69, 9.17) is 4.74 Å². The van der Waals surface area contributed by atoms with E-state index < -0.39 is 29.0 Å². The van der Waals surface area contributed by atoms with Crippen molar-refractivity contribution in [1.82, 2.24) is 9.88 Å². The number of rotatable bonds is 6. The maximum absolute atomic E-state index is 14.0. The zero-order valence-electron chi connectivity index (χ0n) is 24.3. The lowest BCUT2D eigenvalue weighted by Gasteiger charge is -2.29. The summed E-state index contributed by atoms with van der Waals surface area (Å²) < 4.78 is 62.3. The number of amides is 1. The summed E-state index contributed by atoms with van der Waals surface area (Å²) in [5.41, 5.74) is -1.65. The summed E-state index contributed by atoms with van der Waals surface area (Å²) in [7, 11) is 0. The Balaban J connectivity index is 1.97. The van der Waals surface area contributed by atoms with Gasteiger partial charge in [-0.25, -0.2) is 4.39 Å². The van der Waals surface area contributed by atoms with Crippen LogP contribution < -0.4 is 15.5 Å². The van der Waals surface area contributed by atoms with Crippen molar-refractivity contribution >= 4 is 16.8 Å². The van der Waals surface area contributed by atoms with Crippen molar-refractivity contribution in [3.63, 3.8) is 0 Å². The van der Waals surface area contributed by atoms with Gasteiger partial charge in [-0.3, -0.25) is 9.59 Å². The molecule has 4 rings (SSSR count). The number of alkyl halides is 3. The van der Waals surface area contributed by atoms with Gasteiger partial charge in [0.25, 0.3) is 5.91 Å². The molecule has 0 saturated carbocycles. The Morgan fingerprint density at radius 2 is 1.52 bits per heavy atom. The minimum atomic E-state index is -4.70. The van der Waals surface area contributed by atoms with Gasteiger partial charge in [-0.05, 0) is 108 Å². The molecule has 0 saturated heterocycles. The maximum atomic E-state index is 14.0. The molecule has 10 heteroatoms. The number of nitrogens with one attached hydrogen (secondary N) is 1. The highest BCUT2D eigenvalue weighted by Gasteiger charge is 2.48. The van der Waals surface area contributed by atoms with Crippen molar-refractivity contribution < 1.29 is 32.2 Å². The molecule has 0 aliphatic carbocycles. The van der Waals surface area contributed by atoms with Gasteiger partial charge in [0.2, 0.25) is 0 Å². The first-order valence-corrected chi connectivity index (χ1v) is 13.2. The first kappa shape index (κ1) is 30.8. The van der Waals surface area contributed by atoms with Gasteiger partial charge in [0.1, 0.15) is 17.1 Å². The van der Waals surface area contributed by atoms with Gasteiger partial charge in [-0.15, -0.1) is 0 Å². The fourth-order valence-corrected chi connectivity index (χ4v) is 4.57. The fourth-order valence-electron chi connectivity index (χ4n) is 4.57. The number of carbonyl (C=O) groups is 1. The fraction of sp³-hybridized carbons (Fsp3) is 0.312. The molecule has 0 atom stereocenters. The molecule has 1 amide bonds. The van der Waals surface area contributed by atoms with Gasteiger partial charge in [-0.2, -0.15) is 13.2 Å². The van der Waals surface area contributed by atoms with Crippen LogP contribution in [0.4, 0.5) is 17.6 Å². The molecule has 0 fully saturated rings. The van der Waals surface area contributed by atoms with Crippen LogP contribution >= 0.6 is 0 Å². The number of ether oxygens (including phenoxy) is 1. The standard InChI is InChI=1S/C32H32F4N2O4/c1-17-12-22(33)13-18(2)28(17)42-26-11-9-21(30(4,5)41)15-25(26)38-16-19(3)27(39)23-10-8-20(14-24(23)38)29(40)37-31(6,7)32(34,35)36/h8-16,41H,1-7H3,(H,37,40). The van der Waals surface area contributed by atoms with Crippen molar-refractivity contribution in [3.8, 4) is 17.2 Å². The minimum absolute atomic E-state index is 0.0943. The second-order valence-corrected chi connectivity index (χ2v) is 11.5. The Labute approximate surface area is 240 Å². The van der Waals surface area contributed by atoms with E-state index in [1.54, 1.807) is 57.4 Å². The molecule has 6 nitrogen and oxygen atoms in total. The summed E-state index contributed by atoms with van der Waals surface area (Å²) in [6, 6.07) is 11.7. The highest BCUT2D eigenvalue weighted by atomic mass is 19.4. The molecule has 4 aromatic rings. The quantitative estimate of drug-likeness (QED) is 0.236. The lowest BCUT2D eigenvalue weighted by Crippen LogP contribution is -2.54. The number of hydrogen-bond acceptors (Lipinski definition) is 4. The first-order valence-electron chi connectivity index (χ1n) is 13.2. The molecule has 1 heterocycles. The predicted octanol–water partition coefficient (Wildman–Crippen LogP) is 7.15. The molecular formula is C32H32F4N2O4. The van der Waals surface area contributed by atoms with Crippen LogP contribution in [-0.2, 0) is 5.60 Å². The van der Waals surface area contributed by atoms with Gasteiger partial charge in [-0.1, -0.05) is 6.07 Å². The molecule has 222 valence electrons. The van der Waals surface area contributed by atoms with E-state index in [0.717, 1.165) is 13.8 Å². The second kappa shape index (κ2) is 10.6. The second-order valence-electron chi connectivity index (χ2n) is 11.5. The normalized spacial score (nSPS) is 12.5. The summed E-state index contributed by atoms with van der Waals surface area (Å²) in [5, 5.41) is 13.0. The Kier molecular flexibility index (Phi) is 7.75. The van der Waals surface area contributed by atoms with E-state index in [0.29, 0.717) is 39.4 Å². The van der Waals surface area contributed by atoms with E-state index in [1.165, 1.54) is 36.5 Å². The van der Waals surface area contributed by atoms with Gasteiger partial charge >= 0.3 is 6.18 Å². The number of aliphatic hydroxyl groups is 1. The molecule has 1 aromatic heterocycles. The number of benzene rings is 3. The molecule has 0 spiro atoms. The van der Waals surface area contributed by atoms with Crippen LogP contribution in [0, 0.1) is 26.6 Å². The lowest BCUT2D eigenvalue weighted by molar-refractivity contribution is -0.182. The molecular weight excluding hydrogens is 552 g/mol. The third-order valence-electron chi connectivity index (χ3n) is 7.14. The van der Waals surface area contributed by atoms with Gasteiger partial charge in [0.05, 0.1) is 16.8 Å². The predicted molar refractivity (Wildman–Crippen MR) is 153 cm³/mol. The number of carbonyl (C=O) groups excluding carboxylic acids is 1. The maximum Gasteiger partial charge on any atom is 0.410 e. The zero-order chi connectivity index (χ0) is 31.4. The smallest absolute Gasteiger partial charge is 0.410 e. The number of halogens is 4. The molecule has 0 radical (unpaired) electrons. The van der Waals surface area contributed by atoms with Gasteiger partial charge in [0, 0.05) is 22.7 Å². The lowest BCUT2D eigenvalue weighted by atomic mass is 9.97. The monoisotopic (exact) mass is 584 g/mol. The zero-order valence-corrected chi connectivity index (χ0v) is 24.3. The summed E-state index contributed by atoms with van der Waals surface area (Å²) >= 11 is 0. The van der Waals surface area contributed by atoms with Crippen LogP contribution in [0.2, 0.25) is 0 Å². The van der Waals surface area contributed by atoms with Crippen LogP contribution in [0.1, 0.15) is 60.3 Å².